The molecule has 0 atom stereocenters. The highest BCUT2D eigenvalue weighted by Gasteiger charge is 2.15. The van der Waals surface area contributed by atoms with Gasteiger partial charge in [0.15, 0.2) is 0 Å². The fourth-order valence-electron chi connectivity index (χ4n) is 2.66. The molecule has 5 nitrogen and oxygen atoms in total. The van der Waals surface area contributed by atoms with Crippen LogP contribution >= 0.6 is 11.3 Å². The summed E-state index contributed by atoms with van der Waals surface area (Å²) in [6, 6.07) is 18.5. The Morgan fingerprint density at radius 3 is 2.43 bits per heavy atom. The summed E-state index contributed by atoms with van der Waals surface area (Å²) in [5.74, 6) is -0.320. The first kappa shape index (κ1) is 20.0. The molecule has 3 rings (SSSR count). The van der Waals surface area contributed by atoms with E-state index >= 15 is 0 Å². The summed E-state index contributed by atoms with van der Waals surface area (Å²) in [6.45, 7) is 3.69. The Balaban J connectivity index is 1.69. The number of amides is 1. The molecular formula is C21H20N2O3S2. The van der Waals surface area contributed by atoms with Crippen LogP contribution in [-0.4, -0.2) is 20.9 Å². The molecule has 0 saturated carbocycles. The van der Waals surface area contributed by atoms with Crippen molar-refractivity contribution in [2.24, 2.45) is 0 Å². The van der Waals surface area contributed by atoms with Crippen molar-refractivity contribution in [2.45, 2.75) is 5.75 Å². The highest BCUT2D eigenvalue weighted by atomic mass is 32.2. The number of sulfonamides is 1. The SMILES string of the molecule is C=CCNS(=O)(=O)Cc1ccc(NC(=O)c2sccc2-c2ccccc2)cc1. The average Bonchev–Trinajstić information content (AvgIpc) is 3.18. The lowest BCUT2D eigenvalue weighted by Gasteiger charge is -2.08. The molecule has 0 saturated heterocycles. The Morgan fingerprint density at radius 2 is 1.75 bits per heavy atom. The number of carbonyl (C=O) groups is 1. The van der Waals surface area contributed by atoms with Gasteiger partial charge >= 0.3 is 0 Å². The van der Waals surface area contributed by atoms with Gasteiger partial charge in [-0.05, 0) is 34.7 Å². The third-order valence-corrected chi connectivity index (χ3v) is 6.21. The van der Waals surface area contributed by atoms with Gasteiger partial charge in [-0.25, -0.2) is 13.1 Å². The number of nitrogens with one attached hydrogen (secondary N) is 2. The molecule has 0 aliphatic rings. The van der Waals surface area contributed by atoms with Crippen LogP contribution in [-0.2, 0) is 15.8 Å². The zero-order valence-corrected chi connectivity index (χ0v) is 16.7. The first-order chi connectivity index (χ1) is 13.5. The van der Waals surface area contributed by atoms with E-state index in [0.717, 1.165) is 11.1 Å². The van der Waals surface area contributed by atoms with Crippen LogP contribution < -0.4 is 10.0 Å². The second-order valence-corrected chi connectivity index (χ2v) is 8.80. The van der Waals surface area contributed by atoms with Gasteiger partial charge in [-0.2, -0.15) is 0 Å². The molecule has 144 valence electrons. The van der Waals surface area contributed by atoms with Crippen LogP contribution in [0.15, 0.2) is 78.7 Å². The normalized spacial score (nSPS) is 11.1. The molecule has 0 radical (unpaired) electrons. The van der Waals surface area contributed by atoms with Crippen molar-refractivity contribution in [3.63, 3.8) is 0 Å². The first-order valence-electron chi connectivity index (χ1n) is 8.60. The molecule has 0 bridgehead atoms. The van der Waals surface area contributed by atoms with Gasteiger partial charge in [0, 0.05) is 17.8 Å². The third-order valence-electron chi connectivity index (χ3n) is 3.97. The number of carbonyl (C=O) groups excluding carboxylic acids is 1. The average molecular weight is 413 g/mol. The molecule has 2 aromatic carbocycles. The summed E-state index contributed by atoms with van der Waals surface area (Å²) in [5, 5.41) is 4.76. The van der Waals surface area contributed by atoms with E-state index in [2.05, 4.69) is 16.6 Å². The van der Waals surface area contributed by atoms with E-state index in [1.807, 2.05) is 41.8 Å². The minimum atomic E-state index is -3.41. The number of hydrogen-bond donors (Lipinski definition) is 2. The van der Waals surface area contributed by atoms with Gasteiger partial charge < -0.3 is 5.32 Å². The molecule has 3 aromatic rings. The van der Waals surface area contributed by atoms with Crippen LogP contribution in [0, 0.1) is 0 Å². The maximum absolute atomic E-state index is 12.7. The van der Waals surface area contributed by atoms with Crippen LogP contribution in [0.5, 0.6) is 0 Å². The lowest BCUT2D eigenvalue weighted by atomic mass is 10.1. The summed E-state index contributed by atoms with van der Waals surface area (Å²) in [6.07, 6.45) is 1.49. The van der Waals surface area contributed by atoms with E-state index in [-0.39, 0.29) is 18.2 Å². The first-order valence-corrected chi connectivity index (χ1v) is 11.1. The molecule has 7 heteroatoms. The molecule has 0 unspecified atom stereocenters. The maximum atomic E-state index is 12.7. The van der Waals surface area contributed by atoms with Crippen molar-refractivity contribution in [1.29, 1.82) is 0 Å². The number of rotatable bonds is 8. The number of thiophene rings is 1. The van der Waals surface area contributed by atoms with Crippen molar-refractivity contribution in [2.75, 3.05) is 11.9 Å². The fourth-order valence-corrected chi connectivity index (χ4v) is 4.57. The van der Waals surface area contributed by atoms with E-state index in [9.17, 15) is 13.2 Å². The second kappa shape index (κ2) is 8.97. The Labute approximate surface area is 168 Å². The van der Waals surface area contributed by atoms with Crippen LogP contribution in [0.25, 0.3) is 11.1 Å². The number of benzene rings is 2. The molecule has 28 heavy (non-hydrogen) atoms. The Hall–Kier alpha value is -2.74. The molecule has 2 N–H and O–H groups in total. The zero-order chi connectivity index (χ0) is 20.0. The van der Waals surface area contributed by atoms with Gasteiger partial charge in [0.05, 0.1) is 10.6 Å². The minimum absolute atomic E-state index is 0.127. The summed E-state index contributed by atoms with van der Waals surface area (Å²) >= 11 is 1.38. The predicted octanol–water partition coefficient (Wildman–Crippen LogP) is 4.27. The maximum Gasteiger partial charge on any atom is 0.266 e. The predicted molar refractivity (Wildman–Crippen MR) is 115 cm³/mol. The fraction of sp³-hybridized carbons (Fsp3) is 0.0952. The largest absolute Gasteiger partial charge is 0.321 e. The summed E-state index contributed by atoms with van der Waals surface area (Å²) in [7, 11) is -3.41. The molecule has 1 amide bonds. The Morgan fingerprint density at radius 1 is 1.04 bits per heavy atom. The summed E-state index contributed by atoms with van der Waals surface area (Å²) in [5.41, 5.74) is 3.12. The van der Waals surface area contributed by atoms with E-state index in [1.165, 1.54) is 17.4 Å². The van der Waals surface area contributed by atoms with Gasteiger partial charge in [0.25, 0.3) is 5.91 Å². The Kier molecular flexibility index (Phi) is 6.41. The molecule has 0 fully saturated rings. The number of anilines is 1. The van der Waals surface area contributed by atoms with Gasteiger partial charge in [-0.15, -0.1) is 17.9 Å². The van der Waals surface area contributed by atoms with Crippen molar-refractivity contribution in [1.82, 2.24) is 4.72 Å². The quantitative estimate of drug-likeness (QED) is 0.543. The molecular weight excluding hydrogens is 392 g/mol. The van der Waals surface area contributed by atoms with E-state index < -0.39 is 10.0 Å². The monoisotopic (exact) mass is 412 g/mol. The van der Waals surface area contributed by atoms with Crippen molar-refractivity contribution >= 4 is 33.0 Å². The minimum Gasteiger partial charge on any atom is -0.321 e. The lowest BCUT2D eigenvalue weighted by molar-refractivity contribution is 0.103. The smallest absolute Gasteiger partial charge is 0.266 e. The van der Waals surface area contributed by atoms with E-state index in [0.29, 0.717) is 16.1 Å². The van der Waals surface area contributed by atoms with Gasteiger partial charge in [0.1, 0.15) is 0 Å². The molecule has 0 aliphatic carbocycles. The van der Waals surface area contributed by atoms with Crippen LogP contribution in [0.4, 0.5) is 5.69 Å². The lowest BCUT2D eigenvalue weighted by Crippen LogP contribution is -2.25. The number of hydrogen-bond acceptors (Lipinski definition) is 4. The van der Waals surface area contributed by atoms with Gasteiger partial charge in [-0.1, -0.05) is 48.5 Å². The molecule has 0 aliphatic heterocycles. The highest BCUT2D eigenvalue weighted by molar-refractivity contribution is 7.88. The van der Waals surface area contributed by atoms with Gasteiger partial charge in [-0.3, -0.25) is 4.79 Å². The topological polar surface area (TPSA) is 75.3 Å². The highest BCUT2D eigenvalue weighted by Crippen LogP contribution is 2.29. The van der Waals surface area contributed by atoms with Crippen LogP contribution in [0.2, 0.25) is 0 Å². The van der Waals surface area contributed by atoms with Crippen LogP contribution in [0.3, 0.4) is 0 Å². The van der Waals surface area contributed by atoms with Gasteiger partial charge in [0.2, 0.25) is 10.0 Å². The van der Waals surface area contributed by atoms with E-state index in [4.69, 9.17) is 0 Å². The Bertz CT molecular complexity index is 1060. The zero-order valence-electron chi connectivity index (χ0n) is 15.1. The standard InChI is InChI=1S/C21H20N2O3S2/c1-2-13-22-28(25,26)15-16-8-10-18(11-9-16)23-21(24)20-19(12-14-27-20)17-6-4-3-5-7-17/h2-12,14,22H,1,13,15H2,(H,23,24). The summed E-state index contributed by atoms with van der Waals surface area (Å²) in [4.78, 5) is 13.3. The van der Waals surface area contributed by atoms with Crippen molar-refractivity contribution < 1.29 is 13.2 Å². The third kappa shape index (κ3) is 5.16. The molecule has 1 heterocycles. The van der Waals surface area contributed by atoms with Crippen LogP contribution in [0.1, 0.15) is 15.2 Å². The summed E-state index contributed by atoms with van der Waals surface area (Å²) < 4.78 is 26.3. The second-order valence-electron chi connectivity index (χ2n) is 6.08. The van der Waals surface area contributed by atoms with Crippen molar-refractivity contribution in [3.05, 3.63) is 89.1 Å². The van der Waals surface area contributed by atoms with Crippen molar-refractivity contribution in [3.8, 4) is 11.1 Å². The molecule has 1 aromatic heterocycles. The molecule has 0 spiro atoms. The van der Waals surface area contributed by atoms with E-state index in [1.54, 1.807) is 24.3 Å².